The maximum absolute atomic E-state index is 5.91. The van der Waals surface area contributed by atoms with Crippen LogP contribution in [0.25, 0.3) is 11.5 Å². The van der Waals surface area contributed by atoms with Crippen LogP contribution in [-0.4, -0.2) is 47.2 Å². The first-order valence-corrected chi connectivity index (χ1v) is 11.5. The predicted molar refractivity (Wildman–Crippen MR) is 126 cm³/mol. The highest BCUT2D eigenvalue weighted by molar-refractivity contribution is 8.01. The first-order valence-electron chi connectivity index (χ1n) is 10.2. The van der Waals surface area contributed by atoms with E-state index in [2.05, 4.69) is 48.9 Å². The molecule has 4 heterocycles. The highest BCUT2D eigenvalue weighted by Crippen LogP contribution is 2.32. The van der Waals surface area contributed by atoms with E-state index in [4.69, 9.17) is 20.9 Å². The third-order valence-corrected chi connectivity index (χ3v) is 6.48. The van der Waals surface area contributed by atoms with Crippen LogP contribution in [-0.2, 0) is 0 Å². The summed E-state index contributed by atoms with van der Waals surface area (Å²) in [5.74, 6) is 3.08. The maximum atomic E-state index is 5.91. The standard InChI is InChI=1S/C21H23ClN8O2S/c1-12(19-23-10-15(22)11-24-19)14(3)33-29-21-28-27-20(16-6-5-7-18(26-16)31-4)30(21)13(2)17-8-9-25-32-17/h5-14H,1-4H3,(H,28,29). The second-order valence-electron chi connectivity index (χ2n) is 7.35. The summed E-state index contributed by atoms with van der Waals surface area (Å²) in [6, 6.07) is 7.07. The Hall–Kier alpha value is -3.18. The zero-order valence-corrected chi connectivity index (χ0v) is 20.1. The topological polar surface area (TPSA) is 117 Å². The van der Waals surface area contributed by atoms with Gasteiger partial charge in [-0.2, -0.15) is 0 Å². The molecule has 0 bridgehead atoms. The molecule has 0 saturated carbocycles. The summed E-state index contributed by atoms with van der Waals surface area (Å²) in [5, 5.41) is 13.3. The van der Waals surface area contributed by atoms with Crippen LogP contribution in [0.1, 0.15) is 44.3 Å². The molecule has 3 unspecified atom stereocenters. The third kappa shape index (κ3) is 5.09. The van der Waals surface area contributed by atoms with Crippen molar-refractivity contribution in [2.45, 2.75) is 38.0 Å². The molecule has 3 atom stereocenters. The van der Waals surface area contributed by atoms with Crippen molar-refractivity contribution in [1.82, 2.24) is 34.9 Å². The van der Waals surface area contributed by atoms with Crippen LogP contribution in [0.3, 0.4) is 0 Å². The number of rotatable bonds is 9. The predicted octanol–water partition coefficient (Wildman–Crippen LogP) is 4.64. The van der Waals surface area contributed by atoms with E-state index in [0.717, 1.165) is 5.82 Å². The van der Waals surface area contributed by atoms with Crippen molar-refractivity contribution in [3.05, 3.63) is 59.5 Å². The van der Waals surface area contributed by atoms with Gasteiger partial charge in [0, 0.05) is 35.7 Å². The van der Waals surface area contributed by atoms with Gasteiger partial charge >= 0.3 is 0 Å². The minimum absolute atomic E-state index is 0.0716. The van der Waals surface area contributed by atoms with Crippen LogP contribution in [0.5, 0.6) is 5.88 Å². The zero-order chi connectivity index (χ0) is 23.4. The number of anilines is 1. The molecule has 0 fully saturated rings. The first kappa shape index (κ1) is 23.0. The van der Waals surface area contributed by atoms with E-state index in [0.29, 0.717) is 34.1 Å². The molecular formula is C21H23ClN8O2S. The van der Waals surface area contributed by atoms with Gasteiger partial charge in [0.1, 0.15) is 11.5 Å². The van der Waals surface area contributed by atoms with Crippen molar-refractivity contribution in [3.8, 4) is 17.4 Å². The Morgan fingerprint density at radius 3 is 2.61 bits per heavy atom. The van der Waals surface area contributed by atoms with Gasteiger partial charge < -0.3 is 9.26 Å². The number of halogens is 1. The number of hydrogen-bond donors (Lipinski definition) is 1. The Kier molecular flexibility index (Phi) is 7.09. The number of methoxy groups -OCH3 is 1. The molecule has 0 saturated heterocycles. The van der Waals surface area contributed by atoms with Crippen molar-refractivity contribution in [3.63, 3.8) is 0 Å². The molecule has 0 aliphatic heterocycles. The molecule has 33 heavy (non-hydrogen) atoms. The molecule has 4 aromatic rings. The van der Waals surface area contributed by atoms with Crippen LogP contribution >= 0.6 is 23.5 Å². The second-order valence-corrected chi connectivity index (χ2v) is 8.97. The number of aromatic nitrogens is 7. The molecule has 0 aliphatic carbocycles. The number of pyridine rings is 1. The summed E-state index contributed by atoms with van der Waals surface area (Å²) in [7, 11) is 1.57. The monoisotopic (exact) mass is 486 g/mol. The lowest BCUT2D eigenvalue weighted by atomic mass is 10.1. The fraction of sp³-hybridized carbons (Fsp3) is 0.333. The normalized spacial score (nSPS) is 14.0. The van der Waals surface area contributed by atoms with Gasteiger partial charge in [-0.1, -0.05) is 36.7 Å². The van der Waals surface area contributed by atoms with Gasteiger partial charge in [-0.05, 0) is 24.9 Å². The Bertz CT molecular complexity index is 1190. The summed E-state index contributed by atoms with van der Waals surface area (Å²) in [6.07, 6.45) is 4.82. The van der Waals surface area contributed by atoms with Gasteiger partial charge in [0.2, 0.25) is 11.8 Å². The van der Waals surface area contributed by atoms with Gasteiger partial charge in [-0.3, -0.25) is 9.29 Å². The summed E-state index contributed by atoms with van der Waals surface area (Å²) < 4.78 is 15.9. The summed E-state index contributed by atoms with van der Waals surface area (Å²) >= 11 is 7.42. The van der Waals surface area contributed by atoms with Crippen molar-refractivity contribution in [2.24, 2.45) is 0 Å². The highest BCUT2D eigenvalue weighted by atomic mass is 35.5. The molecule has 0 aliphatic rings. The van der Waals surface area contributed by atoms with Gasteiger partial charge in [0.15, 0.2) is 11.6 Å². The van der Waals surface area contributed by atoms with Crippen LogP contribution in [0.15, 0.2) is 47.4 Å². The average molecular weight is 487 g/mol. The smallest absolute Gasteiger partial charge is 0.235 e. The molecule has 4 aromatic heterocycles. The Morgan fingerprint density at radius 2 is 1.91 bits per heavy atom. The number of nitrogens with one attached hydrogen (secondary N) is 1. The van der Waals surface area contributed by atoms with E-state index < -0.39 is 0 Å². The molecule has 4 rings (SSSR count). The fourth-order valence-electron chi connectivity index (χ4n) is 3.14. The van der Waals surface area contributed by atoms with Crippen LogP contribution in [0, 0.1) is 0 Å². The number of hydrogen-bond acceptors (Lipinski definition) is 10. The minimum Gasteiger partial charge on any atom is -0.481 e. The largest absolute Gasteiger partial charge is 0.481 e. The Morgan fingerprint density at radius 1 is 1.12 bits per heavy atom. The van der Waals surface area contributed by atoms with Crippen LogP contribution < -0.4 is 9.46 Å². The summed E-state index contributed by atoms with van der Waals surface area (Å²) in [5.41, 5.74) is 0.627. The van der Waals surface area contributed by atoms with E-state index >= 15 is 0 Å². The van der Waals surface area contributed by atoms with E-state index in [1.54, 1.807) is 31.8 Å². The van der Waals surface area contributed by atoms with E-state index in [9.17, 15) is 0 Å². The highest BCUT2D eigenvalue weighted by Gasteiger charge is 2.25. The molecule has 1 N–H and O–H groups in total. The van der Waals surface area contributed by atoms with Gasteiger partial charge in [-0.15, -0.1) is 10.2 Å². The zero-order valence-electron chi connectivity index (χ0n) is 18.5. The molecule has 0 spiro atoms. The molecule has 12 heteroatoms. The van der Waals surface area contributed by atoms with Crippen molar-refractivity contribution in [1.29, 1.82) is 0 Å². The van der Waals surface area contributed by atoms with Crippen LogP contribution in [0.2, 0.25) is 5.02 Å². The van der Waals surface area contributed by atoms with Crippen molar-refractivity contribution >= 4 is 29.5 Å². The molecule has 172 valence electrons. The molecule has 0 amide bonds. The summed E-state index contributed by atoms with van der Waals surface area (Å²) in [6.45, 7) is 6.14. The Labute approximate surface area is 200 Å². The average Bonchev–Trinajstić information content (AvgIpc) is 3.52. The quantitative estimate of drug-likeness (QED) is 0.335. The molecule has 0 aromatic carbocycles. The van der Waals surface area contributed by atoms with Gasteiger partial charge in [0.05, 0.1) is 24.4 Å². The first-order chi connectivity index (χ1) is 16.0. The molecule has 10 nitrogen and oxygen atoms in total. The van der Waals surface area contributed by atoms with Crippen molar-refractivity contribution in [2.75, 3.05) is 11.8 Å². The SMILES string of the molecule is COc1cccc(-c2nnc(NSC(C)C(C)c3ncc(Cl)cn3)n2C(C)c2ccno2)n1. The molecular weight excluding hydrogens is 464 g/mol. The lowest BCUT2D eigenvalue weighted by molar-refractivity contribution is 0.354. The second kappa shape index (κ2) is 10.2. The lowest BCUT2D eigenvalue weighted by Gasteiger charge is -2.20. The third-order valence-electron chi connectivity index (χ3n) is 5.20. The van der Waals surface area contributed by atoms with Crippen LogP contribution in [0.4, 0.5) is 5.95 Å². The molecule has 0 radical (unpaired) electrons. The minimum atomic E-state index is -0.235. The Balaban J connectivity index is 1.61. The van der Waals surface area contributed by atoms with E-state index in [1.165, 1.54) is 11.9 Å². The lowest BCUT2D eigenvalue weighted by Crippen LogP contribution is -2.16. The van der Waals surface area contributed by atoms with Gasteiger partial charge in [-0.25, -0.2) is 15.0 Å². The summed E-state index contributed by atoms with van der Waals surface area (Å²) in [4.78, 5) is 13.2. The van der Waals surface area contributed by atoms with Gasteiger partial charge in [0.25, 0.3) is 0 Å². The number of nitrogens with zero attached hydrogens (tertiary/aromatic N) is 7. The van der Waals surface area contributed by atoms with E-state index in [1.807, 2.05) is 29.7 Å². The van der Waals surface area contributed by atoms with E-state index in [-0.39, 0.29) is 17.2 Å². The number of ether oxygens (including phenoxy) is 1. The fourth-order valence-corrected chi connectivity index (χ4v) is 3.99. The maximum Gasteiger partial charge on any atom is 0.235 e. The van der Waals surface area contributed by atoms with Crippen molar-refractivity contribution < 1.29 is 9.26 Å².